The molecule has 148 valence electrons. The number of aliphatic imine (C=N–C) groups is 1. The van der Waals surface area contributed by atoms with Crippen LogP contribution in [0.2, 0.25) is 0 Å². The fourth-order valence-electron chi connectivity index (χ4n) is 3.19. The maximum absolute atomic E-state index is 4.85. The number of thiazole rings is 2. The number of guanidine groups is 1. The maximum atomic E-state index is 4.85. The Hall–Kier alpha value is -1.47. The Bertz CT molecular complexity index is 761. The van der Waals surface area contributed by atoms with Crippen LogP contribution in [0.25, 0.3) is 0 Å². The molecule has 1 N–H and O–H groups in total. The van der Waals surface area contributed by atoms with Crippen molar-refractivity contribution < 1.29 is 0 Å². The molecule has 0 aromatic carbocycles. The van der Waals surface area contributed by atoms with Gasteiger partial charge < -0.3 is 10.2 Å². The average Bonchev–Trinajstić information content (AvgIpc) is 3.24. The minimum atomic E-state index is 0.116. The largest absolute Gasteiger partial charge is 0.356 e. The van der Waals surface area contributed by atoms with Crippen molar-refractivity contribution in [3.63, 3.8) is 0 Å². The summed E-state index contributed by atoms with van der Waals surface area (Å²) in [6, 6.07) is 0. The summed E-state index contributed by atoms with van der Waals surface area (Å²) in [6.45, 7) is 8.26. The van der Waals surface area contributed by atoms with Crippen LogP contribution in [0.15, 0.2) is 10.4 Å². The Balaban J connectivity index is 1.51. The summed E-state index contributed by atoms with van der Waals surface area (Å²) in [5.41, 5.74) is 2.62. The van der Waals surface area contributed by atoms with E-state index in [1.807, 2.05) is 18.4 Å². The third-order valence-electron chi connectivity index (χ3n) is 4.78. The van der Waals surface area contributed by atoms with Gasteiger partial charge in [0.15, 0.2) is 5.96 Å². The van der Waals surface area contributed by atoms with Crippen LogP contribution in [0.1, 0.15) is 59.9 Å². The fraction of sp³-hybridized carbons (Fsp3) is 0.650. The molecule has 1 aliphatic rings. The van der Waals surface area contributed by atoms with Gasteiger partial charge in [0.25, 0.3) is 0 Å². The topological polar surface area (TPSA) is 53.4 Å². The second-order valence-corrected chi connectivity index (χ2v) is 10.3. The van der Waals surface area contributed by atoms with E-state index >= 15 is 0 Å². The lowest BCUT2D eigenvalue weighted by molar-refractivity contribution is 0.475. The van der Waals surface area contributed by atoms with Crippen LogP contribution in [0.3, 0.4) is 0 Å². The second-order valence-electron chi connectivity index (χ2n) is 8.14. The van der Waals surface area contributed by atoms with Crippen molar-refractivity contribution >= 4 is 28.6 Å². The van der Waals surface area contributed by atoms with Gasteiger partial charge in [-0.15, -0.1) is 22.7 Å². The standard InChI is InChI=1S/C20H31N5S2/c1-20(2,3)16-13-26-17(24-16)10-11-22-19(21-4)25(5)12-18-23-14-8-6-7-9-15(14)27-18/h13H,6-12H2,1-5H3,(H,21,22). The predicted octanol–water partition coefficient (Wildman–Crippen LogP) is 4.03. The zero-order chi connectivity index (χ0) is 19.4. The number of hydrogen-bond donors (Lipinski definition) is 1. The lowest BCUT2D eigenvalue weighted by atomic mass is 9.93. The Morgan fingerprint density at radius 2 is 2.00 bits per heavy atom. The molecule has 0 unspecified atom stereocenters. The van der Waals surface area contributed by atoms with Crippen molar-refractivity contribution in [2.24, 2.45) is 4.99 Å². The smallest absolute Gasteiger partial charge is 0.193 e. The van der Waals surface area contributed by atoms with E-state index in [-0.39, 0.29) is 5.41 Å². The molecule has 2 heterocycles. The van der Waals surface area contributed by atoms with Gasteiger partial charge in [-0.05, 0) is 25.7 Å². The number of nitrogens with one attached hydrogen (secondary N) is 1. The molecule has 0 saturated heterocycles. The van der Waals surface area contributed by atoms with Crippen LogP contribution >= 0.6 is 22.7 Å². The van der Waals surface area contributed by atoms with E-state index in [1.54, 1.807) is 11.3 Å². The number of rotatable bonds is 5. The highest BCUT2D eigenvalue weighted by Crippen LogP contribution is 2.27. The molecule has 0 aliphatic heterocycles. The quantitative estimate of drug-likeness (QED) is 0.603. The van der Waals surface area contributed by atoms with Gasteiger partial charge in [0, 0.05) is 42.7 Å². The van der Waals surface area contributed by atoms with Gasteiger partial charge in [-0.1, -0.05) is 20.8 Å². The van der Waals surface area contributed by atoms with Crippen LogP contribution in [0.4, 0.5) is 0 Å². The van der Waals surface area contributed by atoms with Gasteiger partial charge in [-0.25, -0.2) is 9.97 Å². The molecular formula is C20H31N5S2. The average molecular weight is 406 g/mol. The summed E-state index contributed by atoms with van der Waals surface area (Å²) < 4.78 is 0. The predicted molar refractivity (Wildman–Crippen MR) is 116 cm³/mol. The van der Waals surface area contributed by atoms with E-state index in [1.165, 1.54) is 45.5 Å². The number of hydrogen-bond acceptors (Lipinski definition) is 5. The van der Waals surface area contributed by atoms with E-state index in [4.69, 9.17) is 9.97 Å². The van der Waals surface area contributed by atoms with Crippen molar-refractivity contribution in [2.75, 3.05) is 20.6 Å². The molecule has 2 aromatic heterocycles. The van der Waals surface area contributed by atoms with Gasteiger partial charge >= 0.3 is 0 Å². The highest BCUT2D eigenvalue weighted by molar-refractivity contribution is 7.11. The summed E-state index contributed by atoms with van der Waals surface area (Å²) in [7, 11) is 3.92. The summed E-state index contributed by atoms with van der Waals surface area (Å²) in [6.07, 6.45) is 5.85. The highest BCUT2D eigenvalue weighted by atomic mass is 32.1. The Labute approximate surface area is 171 Å². The van der Waals surface area contributed by atoms with E-state index in [9.17, 15) is 0 Å². The normalized spacial score (nSPS) is 14.9. The van der Waals surface area contributed by atoms with E-state index in [2.05, 4.69) is 48.4 Å². The zero-order valence-electron chi connectivity index (χ0n) is 17.1. The molecule has 2 aromatic rings. The molecular weight excluding hydrogens is 374 g/mol. The first-order valence-corrected chi connectivity index (χ1v) is 11.4. The van der Waals surface area contributed by atoms with Gasteiger partial charge in [0.05, 0.1) is 22.9 Å². The number of aryl methyl sites for hydroxylation is 2. The van der Waals surface area contributed by atoms with Crippen LogP contribution < -0.4 is 5.32 Å². The first-order valence-electron chi connectivity index (χ1n) is 9.71. The first kappa shape index (κ1) is 20.3. The molecule has 0 bridgehead atoms. The number of aromatic nitrogens is 2. The molecule has 7 heteroatoms. The van der Waals surface area contributed by atoms with E-state index < -0.39 is 0 Å². The maximum Gasteiger partial charge on any atom is 0.193 e. The second kappa shape index (κ2) is 8.69. The fourth-order valence-corrected chi connectivity index (χ4v) is 5.42. The van der Waals surface area contributed by atoms with Gasteiger partial charge in [0.1, 0.15) is 5.01 Å². The van der Waals surface area contributed by atoms with Gasteiger partial charge in [-0.3, -0.25) is 4.99 Å². The van der Waals surface area contributed by atoms with Gasteiger partial charge in [-0.2, -0.15) is 0 Å². The summed E-state index contributed by atoms with van der Waals surface area (Å²) >= 11 is 3.62. The molecule has 3 rings (SSSR count). The van der Waals surface area contributed by atoms with E-state index in [0.29, 0.717) is 0 Å². The lowest BCUT2D eigenvalue weighted by Crippen LogP contribution is -2.39. The summed E-state index contributed by atoms with van der Waals surface area (Å²) in [5, 5.41) is 8.02. The molecule has 0 saturated carbocycles. The molecule has 0 atom stereocenters. The monoisotopic (exact) mass is 405 g/mol. The molecule has 27 heavy (non-hydrogen) atoms. The third-order valence-corrected chi connectivity index (χ3v) is 6.83. The molecule has 1 aliphatic carbocycles. The molecule has 5 nitrogen and oxygen atoms in total. The molecule has 0 amide bonds. The van der Waals surface area contributed by atoms with Crippen molar-refractivity contribution in [1.82, 2.24) is 20.2 Å². The Morgan fingerprint density at radius 1 is 1.22 bits per heavy atom. The molecule has 0 radical (unpaired) electrons. The van der Waals surface area contributed by atoms with Crippen molar-refractivity contribution in [3.05, 3.63) is 31.7 Å². The zero-order valence-corrected chi connectivity index (χ0v) is 18.8. The molecule has 0 fully saturated rings. The van der Waals surface area contributed by atoms with Crippen LogP contribution in [-0.4, -0.2) is 41.5 Å². The minimum absolute atomic E-state index is 0.116. The third kappa shape index (κ3) is 5.29. The summed E-state index contributed by atoms with van der Waals surface area (Å²) in [4.78, 5) is 17.7. The van der Waals surface area contributed by atoms with Crippen molar-refractivity contribution in [3.8, 4) is 0 Å². The highest BCUT2D eigenvalue weighted by Gasteiger charge is 2.18. The van der Waals surface area contributed by atoms with E-state index in [0.717, 1.165) is 31.9 Å². The van der Waals surface area contributed by atoms with Crippen LogP contribution in [0, 0.1) is 0 Å². The number of fused-ring (bicyclic) bond motifs is 1. The number of nitrogens with zero attached hydrogens (tertiary/aromatic N) is 4. The Morgan fingerprint density at radius 3 is 2.67 bits per heavy atom. The lowest BCUT2D eigenvalue weighted by Gasteiger charge is -2.20. The first-order chi connectivity index (χ1) is 12.9. The summed E-state index contributed by atoms with van der Waals surface area (Å²) in [5.74, 6) is 0.913. The SMILES string of the molecule is CN=C(NCCc1nc(C(C)(C)C)cs1)N(C)Cc1nc2c(s1)CCCC2. The van der Waals surface area contributed by atoms with Crippen LogP contribution in [0.5, 0.6) is 0 Å². The van der Waals surface area contributed by atoms with Crippen molar-refractivity contribution in [2.45, 2.75) is 64.8 Å². The van der Waals surface area contributed by atoms with Crippen LogP contribution in [-0.2, 0) is 31.2 Å². The van der Waals surface area contributed by atoms with Gasteiger partial charge in [0.2, 0.25) is 0 Å². The Kier molecular flexibility index (Phi) is 6.52. The molecule has 0 spiro atoms. The van der Waals surface area contributed by atoms with Crippen molar-refractivity contribution in [1.29, 1.82) is 0 Å². The minimum Gasteiger partial charge on any atom is -0.356 e.